The molecule has 0 saturated carbocycles. The maximum Gasteiger partial charge on any atom is 0.234 e. The summed E-state index contributed by atoms with van der Waals surface area (Å²) in [7, 11) is 0. The van der Waals surface area contributed by atoms with Crippen LogP contribution >= 0.6 is 0 Å². The minimum atomic E-state index is -0.804. The number of amides is 1. The molecule has 1 spiro atoms. The van der Waals surface area contributed by atoms with Crippen LogP contribution in [0.4, 0.5) is 4.39 Å². The molecule has 2 aliphatic heterocycles. The summed E-state index contributed by atoms with van der Waals surface area (Å²) in [6, 6.07) is 14.6. The molecular weight excluding hydrogens is 305 g/mol. The van der Waals surface area contributed by atoms with Crippen LogP contribution < -0.4 is 10.1 Å². The molecule has 1 fully saturated rings. The number of carbonyl (C=O) groups excluding carboxylic acids is 1. The first-order valence-corrected chi connectivity index (χ1v) is 8.19. The maximum atomic E-state index is 13.7. The van der Waals surface area contributed by atoms with Crippen molar-refractivity contribution < 1.29 is 13.9 Å². The Bertz CT molecular complexity index is 816. The average molecular weight is 323 g/mol. The number of hydrogen-bond donors (Lipinski definition) is 1. The van der Waals surface area contributed by atoms with Crippen molar-refractivity contribution in [2.45, 2.75) is 24.7 Å². The van der Waals surface area contributed by atoms with Crippen molar-refractivity contribution in [1.82, 2.24) is 5.32 Å². The molecular formula is C20H18FNO2. The van der Waals surface area contributed by atoms with Crippen molar-refractivity contribution in [3.8, 4) is 5.75 Å². The van der Waals surface area contributed by atoms with Gasteiger partial charge in [-0.2, -0.15) is 0 Å². The Morgan fingerprint density at radius 2 is 1.96 bits per heavy atom. The molecule has 2 aromatic carbocycles. The summed E-state index contributed by atoms with van der Waals surface area (Å²) in [5.41, 5.74) is 1.04. The summed E-state index contributed by atoms with van der Waals surface area (Å²) in [6.45, 7) is 0.594. The fourth-order valence-corrected chi connectivity index (χ4v) is 3.54. The molecule has 24 heavy (non-hydrogen) atoms. The molecule has 1 amide bonds. The van der Waals surface area contributed by atoms with E-state index in [4.69, 9.17) is 4.74 Å². The fraction of sp³-hybridized carbons (Fsp3) is 0.250. The van der Waals surface area contributed by atoms with Gasteiger partial charge >= 0.3 is 0 Å². The number of aryl methyl sites for hydroxylation is 1. The average Bonchev–Trinajstić information content (AvgIpc) is 2.96. The van der Waals surface area contributed by atoms with Crippen LogP contribution in [0.15, 0.2) is 60.4 Å². The fourth-order valence-electron chi connectivity index (χ4n) is 3.54. The summed E-state index contributed by atoms with van der Waals surface area (Å²) in [6.07, 6.45) is 4.05. The van der Waals surface area contributed by atoms with Crippen molar-refractivity contribution in [2.24, 2.45) is 0 Å². The standard InChI is InChI=1S/C20H18FNO2/c21-15-7-9-18-17(12-15)20(10-11-22-19(20)23)13-16(24-18)8-6-14-4-2-1-3-5-14/h1-5,7,9,12-13H,6,8,10-11H2,(H,22,23). The van der Waals surface area contributed by atoms with Gasteiger partial charge in [-0.25, -0.2) is 4.39 Å². The lowest BCUT2D eigenvalue weighted by Crippen LogP contribution is -2.36. The number of rotatable bonds is 3. The van der Waals surface area contributed by atoms with Crippen molar-refractivity contribution in [1.29, 1.82) is 0 Å². The van der Waals surface area contributed by atoms with Gasteiger partial charge < -0.3 is 10.1 Å². The number of carbonyl (C=O) groups is 1. The molecule has 0 aromatic heterocycles. The first-order chi connectivity index (χ1) is 11.7. The highest BCUT2D eigenvalue weighted by Crippen LogP contribution is 2.44. The second-order valence-electron chi connectivity index (χ2n) is 6.32. The van der Waals surface area contributed by atoms with Gasteiger partial charge in [0.05, 0.1) is 0 Å². The van der Waals surface area contributed by atoms with E-state index < -0.39 is 5.41 Å². The van der Waals surface area contributed by atoms with E-state index >= 15 is 0 Å². The molecule has 4 rings (SSSR count). The van der Waals surface area contributed by atoms with Gasteiger partial charge in [0.1, 0.15) is 22.7 Å². The van der Waals surface area contributed by atoms with Crippen LogP contribution in [0.3, 0.4) is 0 Å². The largest absolute Gasteiger partial charge is 0.462 e. The Kier molecular flexibility index (Phi) is 3.60. The van der Waals surface area contributed by atoms with Crippen LogP contribution in [0, 0.1) is 5.82 Å². The zero-order valence-electron chi connectivity index (χ0n) is 13.2. The van der Waals surface area contributed by atoms with Crippen LogP contribution in [0.2, 0.25) is 0 Å². The topological polar surface area (TPSA) is 38.3 Å². The van der Waals surface area contributed by atoms with Crippen LogP contribution in [0.5, 0.6) is 5.75 Å². The molecule has 0 aliphatic carbocycles. The Morgan fingerprint density at radius 1 is 1.12 bits per heavy atom. The van der Waals surface area contributed by atoms with Crippen molar-refractivity contribution in [2.75, 3.05) is 6.54 Å². The highest BCUT2D eigenvalue weighted by atomic mass is 19.1. The molecule has 4 heteroatoms. The molecule has 0 bridgehead atoms. The Morgan fingerprint density at radius 3 is 2.71 bits per heavy atom. The molecule has 2 aliphatic rings. The number of halogens is 1. The zero-order chi connectivity index (χ0) is 16.6. The van der Waals surface area contributed by atoms with Gasteiger partial charge in [0, 0.05) is 18.5 Å². The van der Waals surface area contributed by atoms with Gasteiger partial charge in [-0.1, -0.05) is 30.3 Å². The number of allylic oxidation sites excluding steroid dienone is 1. The quantitative estimate of drug-likeness (QED) is 0.939. The summed E-state index contributed by atoms with van der Waals surface area (Å²) in [4.78, 5) is 12.5. The molecule has 1 unspecified atom stereocenters. The van der Waals surface area contributed by atoms with E-state index in [1.54, 1.807) is 6.07 Å². The number of fused-ring (bicyclic) bond motifs is 2. The number of benzene rings is 2. The number of nitrogens with one attached hydrogen (secondary N) is 1. The highest BCUT2D eigenvalue weighted by Gasteiger charge is 2.46. The summed E-state index contributed by atoms with van der Waals surface area (Å²) in [5.74, 6) is 0.932. The minimum absolute atomic E-state index is 0.0742. The van der Waals surface area contributed by atoms with Crippen molar-refractivity contribution in [3.63, 3.8) is 0 Å². The van der Waals surface area contributed by atoms with Gasteiger partial charge in [0.25, 0.3) is 0 Å². The zero-order valence-corrected chi connectivity index (χ0v) is 13.2. The van der Waals surface area contributed by atoms with Crippen LogP contribution in [-0.2, 0) is 16.6 Å². The SMILES string of the molecule is O=C1NCCC12C=C(CCc1ccccc1)Oc1ccc(F)cc12. The van der Waals surface area contributed by atoms with E-state index in [1.807, 2.05) is 24.3 Å². The molecule has 0 radical (unpaired) electrons. The second-order valence-corrected chi connectivity index (χ2v) is 6.32. The second kappa shape index (κ2) is 5.78. The molecule has 1 N–H and O–H groups in total. The Hall–Kier alpha value is -2.62. The Balaban J connectivity index is 1.67. The predicted octanol–water partition coefficient (Wildman–Crippen LogP) is 3.49. The lowest BCUT2D eigenvalue weighted by Gasteiger charge is -2.31. The molecule has 1 saturated heterocycles. The molecule has 2 aromatic rings. The molecule has 2 heterocycles. The lowest BCUT2D eigenvalue weighted by atomic mass is 9.76. The summed E-state index contributed by atoms with van der Waals surface area (Å²) >= 11 is 0. The van der Waals surface area contributed by atoms with E-state index in [2.05, 4.69) is 17.4 Å². The first kappa shape index (κ1) is 14.9. The van der Waals surface area contributed by atoms with Gasteiger partial charge in [-0.15, -0.1) is 0 Å². The molecule has 122 valence electrons. The third-order valence-corrected chi connectivity index (χ3v) is 4.78. The Labute approximate surface area is 140 Å². The van der Waals surface area contributed by atoms with Crippen LogP contribution in [-0.4, -0.2) is 12.5 Å². The van der Waals surface area contributed by atoms with E-state index in [0.29, 0.717) is 30.7 Å². The smallest absolute Gasteiger partial charge is 0.234 e. The maximum absolute atomic E-state index is 13.7. The van der Waals surface area contributed by atoms with Gasteiger partial charge in [0.15, 0.2) is 0 Å². The monoisotopic (exact) mass is 323 g/mol. The minimum Gasteiger partial charge on any atom is -0.462 e. The summed E-state index contributed by atoms with van der Waals surface area (Å²) in [5, 5.41) is 2.87. The van der Waals surface area contributed by atoms with E-state index in [1.165, 1.54) is 17.7 Å². The normalized spacial score (nSPS) is 21.9. The molecule has 3 nitrogen and oxygen atoms in total. The van der Waals surface area contributed by atoms with Gasteiger partial charge in [-0.05, 0) is 42.7 Å². The van der Waals surface area contributed by atoms with Crippen molar-refractivity contribution >= 4 is 5.91 Å². The van der Waals surface area contributed by atoms with Gasteiger partial charge in [-0.3, -0.25) is 4.79 Å². The highest BCUT2D eigenvalue weighted by molar-refractivity contribution is 5.93. The van der Waals surface area contributed by atoms with Crippen LogP contribution in [0.25, 0.3) is 0 Å². The first-order valence-electron chi connectivity index (χ1n) is 8.19. The van der Waals surface area contributed by atoms with E-state index in [9.17, 15) is 9.18 Å². The van der Waals surface area contributed by atoms with E-state index in [0.717, 1.165) is 12.2 Å². The number of ether oxygens (including phenoxy) is 1. The third-order valence-electron chi connectivity index (χ3n) is 4.78. The number of hydrogen-bond acceptors (Lipinski definition) is 2. The molecule has 1 atom stereocenters. The summed E-state index contributed by atoms with van der Waals surface area (Å²) < 4.78 is 19.7. The van der Waals surface area contributed by atoms with Gasteiger partial charge in [0.2, 0.25) is 5.91 Å². The predicted molar refractivity (Wildman–Crippen MR) is 89.2 cm³/mol. The third kappa shape index (κ3) is 2.48. The van der Waals surface area contributed by atoms with Crippen molar-refractivity contribution in [3.05, 3.63) is 77.3 Å². The lowest BCUT2D eigenvalue weighted by molar-refractivity contribution is -0.122. The van der Waals surface area contributed by atoms with Crippen LogP contribution in [0.1, 0.15) is 24.0 Å². The van der Waals surface area contributed by atoms with E-state index in [-0.39, 0.29) is 11.7 Å².